The molecule has 1 unspecified atom stereocenters. The second-order valence-electron chi connectivity index (χ2n) is 9.27. The van der Waals surface area contributed by atoms with E-state index in [1.807, 2.05) is 0 Å². The van der Waals surface area contributed by atoms with E-state index in [0.717, 1.165) is 50.3 Å². The maximum Gasteiger partial charge on any atom is 0.321 e. The highest BCUT2D eigenvalue weighted by molar-refractivity contribution is 6.04. The van der Waals surface area contributed by atoms with Gasteiger partial charge in [-0.15, -0.1) is 29.9 Å². The van der Waals surface area contributed by atoms with Crippen LogP contribution in [-0.4, -0.2) is 58.4 Å². The molecule has 15 heteroatoms. The van der Waals surface area contributed by atoms with Crippen LogP contribution in [0, 0.1) is 5.82 Å². The smallest absolute Gasteiger partial charge is 0.321 e. The van der Waals surface area contributed by atoms with Gasteiger partial charge in [-0.3, -0.25) is 19.3 Å². The number of anilines is 2. The number of aromatic nitrogens is 3. The summed E-state index contributed by atoms with van der Waals surface area (Å²) in [6, 6.07) is 6.07. The van der Waals surface area contributed by atoms with Gasteiger partial charge in [-0.1, -0.05) is 0 Å². The van der Waals surface area contributed by atoms with E-state index < -0.39 is 35.5 Å². The van der Waals surface area contributed by atoms with Crippen molar-refractivity contribution in [3.8, 4) is 11.6 Å². The van der Waals surface area contributed by atoms with E-state index in [1.165, 1.54) is 12.1 Å². The van der Waals surface area contributed by atoms with E-state index >= 15 is 4.39 Å². The third kappa shape index (κ3) is 6.65. The number of pyridine rings is 1. The summed E-state index contributed by atoms with van der Waals surface area (Å²) in [5, 5.41) is 12.8. The summed E-state index contributed by atoms with van der Waals surface area (Å²) in [6.45, 7) is -0.659. The predicted molar refractivity (Wildman–Crippen MR) is 147 cm³/mol. The second-order valence-corrected chi connectivity index (χ2v) is 9.27. The topological polar surface area (TPSA) is 114 Å². The number of amides is 1. The summed E-state index contributed by atoms with van der Waals surface area (Å²) >= 11 is 0. The van der Waals surface area contributed by atoms with Crippen LogP contribution in [0.25, 0.3) is 0 Å². The Morgan fingerprint density at radius 3 is 2.60 bits per heavy atom. The summed E-state index contributed by atoms with van der Waals surface area (Å²) in [5.41, 5.74) is -0.924. The first-order valence-corrected chi connectivity index (χ1v) is 12.2. The second kappa shape index (κ2) is 13.3. The zero-order valence-corrected chi connectivity index (χ0v) is 23.0. The van der Waals surface area contributed by atoms with Crippen LogP contribution in [0.5, 0.6) is 11.6 Å². The Balaban J connectivity index is 0.00000220. The first kappa shape index (κ1) is 31.1. The molecule has 0 radical (unpaired) electrons. The van der Waals surface area contributed by atoms with Crippen LogP contribution >= 0.6 is 24.8 Å². The highest BCUT2D eigenvalue weighted by Gasteiger charge is 2.31. The molecule has 1 atom stereocenters. The molecule has 0 bridgehead atoms. The van der Waals surface area contributed by atoms with Crippen LogP contribution in [-0.2, 0) is 0 Å². The van der Waals surface area contributed by atoms with E-state index in [2.05, 4.69) is 32.8 Å². The normalized spacial score (nSPS) is 17.2. The van der Waals surface area contributed by atoms with E-state index in [1.54, 1.807) is 0 Å². The number of rotatable bonds is 7. The minimum Gasteiger partial charge on any atom is -0.482 e. The molecule has 3 N–H and O–H groups in total. The number of likely N-dealkylation sites (tertiary alicyclic amines) is 1. The minimum atomic E-state index is -3.09. The van der Waals surface area contributed by atoms with Crippen molar-refractivity contribution >= 4 is 42.2 Å². The molecule has 2 aliphatic heterocycles. The molecule has 4 heterocycles. The van der Waals surface area contributed by atoms with Crippen LogP contribution in [0.1, 0.15) is 47.8 Å². The van der Waals surface area contributed by atoms with Crippen molar-refractivity contribution in [1.29, 1.82) is 0 Å². The SMILES string of the molecule is CN1CCC(Oc2n[nH]c3c2C(Oc2ccc(NC(=O)c4cccn(C(F)F)c4=O)cc2F)CCN3)CC1.Cl.Cl. The van der Waals surface area contributed by atoms with Crippen LogP contribution in [0.2, 0.25) is 0 Å². The fourth-order valence-electron chi connectivity index (χ4n) is 4.57. The van der Waals surface area contributed by atoms with Crippen molar-refractivity contribution in [3.05, 3.63) is 63.8 Å². The molecule has 2 aromatic heterocycles. The number of benzene rings is 1. The lowest BCUT2D eigenvalue weighted by molar-refractivity contribution is 0.0659. The van der Waals surface area contributed by atoms with Gasteiger partial charge in [0.2, 0.25) is 5.88 Å². The van der Waals surface area contributed by atoms with Gasteiger partial charge in [-0.25, -0.2) is 4.39 Å². The number of carbonyl (C=O) groups is 1. The molecule has 1 aromatic carbocycles. The van der Waals surface area contributed by atoms with Gasteiger partial charge in [0, 0.05) is 44.0 Å². The molecular formula is C25H29Cl2F3N6O4. The maximum atomic E-state index is 15.0. The Kier molecular flexibility index (Phi) is 10.3. The molecule has 218 valence electrons. The third-order valence-corrected chi connectivity index (χ3v) is 6.63. The van der Waals surface area contributed by atoms with Crippen molar-refractivity contribution in [2.24, 2.45) is 0 Å². The Bertz CT molecular complexity index is 1380. The van der Waals surface area contributed by atoms with Gasteiger partial charge in [0.25, 0.3) is 11.5 Å². The lowest BCUT2D eigenvalue weighted by Gasteiger charge is -2.30. The number of H-pyrrole nitrogens is 1. The number of halogens is 5. The van der Waals surface area contributed by atoms with Crippen LogP contribution in [0.4, 0.5) is 24.7 Å². The summed E-state index contributed by atoms with van der Waals surface area (Å²) in [7, 11) is 2.07. The van der Waals surface area contributed by atoms with Gasteiger partial charge in [-0.2, -0.15) is 8.78 Å². The minimum absolute atomic E-state index is 0. The largest absolute Gasteiger partial charge is 0.482 e. The van der Waals surface area contributed by atoms with Crippen molar-refractivity contribution in [1.82, 2.24) is 19.7 Å². The number of ether oxygens (including phenoxy) is 2. The van der Waals surface area contributed by atoms with E-state index in [0.29, 0.717) is 30.2 Å². The first-order chi connectivity index (χ1) is 18.3. The van der Waals surface area contributed by atoms with E-state index in [9.17, 15) is 18.4 Å². The average molecular weight is 605 g/mol. The number of nitrogens with one attached hydrogen (secondary N) is 3. The fourth-order valence-corrected chi connectivity index (χ4v) is 4.57. The van der Waals surface area contributed by atoms with Gasteiger partial charge >= 0.3 is 6.55 Å². The number of hydrogen-bond acceptors (Lipinski definition) is 7. The Morgan fingerprint density at radius 2 is 1.90 bits per heavy atom. The quantitative estimate of drug-likeness (QED) is 0.361. The van der Waals surface area contributed by atoms with Crippen molar-refractivity contribution in [2.75, 3.05) is 37.3 Å². The molecule has 40 heavy (non-hydrogen) atoms. The van der Waals surface area contributed by atoms with E-state index in [-0.39, 0.29) is 46.9 Å². The Morgan fingerprint density at radius 1 is 1.15 bits per heavy atom. The monoisotopic (exact) mass is 604 g/mol. The molecule has 1 fully saturated rings. The predicted octanol–water partition coefficient (Wildman–Crippen LogP) is 4.61. The van der Waals surface area contributed by atoms with Crippen LogP contribution < -0.4 is 25.7 Å². The molecule has 1 amide bonds. The molecule has 0 spiro atoms. The van der Waals surface area contributed by atoms with Crippen molar-refractivity contribution in [2.45, 2.75) is 38.0 Å². The number of fused-ring (bicyclic) bond motifs is 1. The molecular weight excluding hydrogens is 576 g/mol. The summed E-state index contributed by atoms with van der Waals surface area (Å²) < 4.78 is 53.3. The first-order valence-electron chi connectivity index (χ1n) is 12.2. The summed E-state index contributed by atoms with van der Waals surface area (Å²) in [6.07, 6.45) is 2.66. The Hall–Kier alpha value is -3.42. The number of hydrogen-bond donors (Lipinski definition) is 3. The van der Waals surface area contributed by atoms with E-state index in [4.69, 9.17) is 9.47 Å². The standard InChI is InChI=1S/C25H27F3N6O4.2ClH/c1-33-11-7-15(8-12-33)37-23-20-19(6-9-29-21(20)31-32-23)38-18-5-4-14(13-17(18)26)30-22(35)16-3-2-10-34(24(16)36)25(27)28;;/h2-5,10,13,15,19,25H,6-9,11-12H2,1H3,(H,30,35)(H2,29,31,32);2*1H. The number of alkyl halides is 2. The lowest BCUT2D eigenvalue weighted by Crippen LogP contribution is -2.36. The average Bonchev–Trinajstić information content (AvgIpc) is 3.30. The zero-order valence-electron chi connectivity index (χ0n) is 21.4. The highest BCUT2D eigenvalue weighted by atomic mass is 35.5. The maximum absolute atomic E-state index is 15.0. The molecule has 2 aliphatic rings. The molecule has 5 rings (SSSR count). The third-order valence-electron chi connectivity index (χ3n) is 6.63. The highest BCUT2D eigenvalue weighted by Crippen LogP contribution is 2.39. The zero-order chi connectivity index (χ0) is 26.8. The van der Waals surface area contributed by atoms with Gasteiger partial charge in [-0.05, 0) is 44.2 Å². The molecule has 0 saturated carbocycles. The number of piperidine rings is 1. The van der Waals surface area contributed by atoms with Gasteiger partial charge in [0.1, 0.15) is 23.6 Å². The van der Waals surface area contributed by atoms with Crippen molar-refractivity contribution in [3.63, 3.8) is 0 Å². The van der Waals surface area contributed by atoms with Gasteiger partial charge in [0.15, 0.2) is 11.6 Å². The number of carbonyl (C=O) groups excluding carboxylic acids is 1. The number of nitrogens with zero attached hydrogens (tertiary/aromatic N) is 3. The molecule has 1 saturated heterocycles. The molecule has 10 nitrogen and oxygen atoms in total. The fraction of sp³-hybridized carbons (Fsp3) is 0.400. The molecule has 0 aliphatic carbocycles. The number of aromatic amines is 1. The molecule has 3 aromatic rings. The lowest BCUT2D eigenvalue weighted by atomic mass is 10.0. The summed E-state index contributed by atoms with van der Waals surface area (Å²) in [5.74, 6) is -0.649. The van der Waals surface area contributed by atoms with Gasteiger partial charge < -0.3 is 25.0 Å². The summed E-state index contributed by atoms with van der Waals surface area (Å²) in [4.78, 5) is 26.9. The van der Waals surface area contributed by atoms with Crippen LogP contribution in [0.3, 0.4) is 0 Å². The van der Waals surface area contributed by atoms with Gasteiger partial charge in [0.05, 0.1) is 5.56 Å². The van der Waals surface area contributed by atoms with Crippen molar-refractivity contribution < 1.29 is 27.4 Å². The van der Waals surface area contributed by atoms with Crippen LogP contribution in [0.15, 0.2) is 41.3 Å². The Labute approximate surface area is 240 Å².